The van der Waals surface area contributed by atoms with Crippen LogP contribution in [0.25, 0.3) is 0 Å². The number of ether oxygens (including phenoxy) is 1. The summed E-state index contributed by atoms with van der Waals surface area (Å²) in [6.45, 7) is 1.86. The van der Waals surface area contributed by atoms with Gasteiger partial charge < -0.3 is 10.1 Å². The van der Waals surface area contributed by atoms with Crippen LogP contribution in [0.5, 0.6) is 0 Å². The highest BCUT2D eigenvalue weighted by atomic mass is 32.1. The van der Waals surface area contributed by atoms with E-state index in [1.807, 2.05) is 6.92 Å². The highest BCUT2D eigenvalue weighted by Crippen LogP contribution is 2.24. The summed E-state index contributed by atoms with van der Waals surface area (Å²) in [6, 6.07) is 6.41. The predicted octanol–water partition coefficient (Wildman–Crippen LogP) is 3.17. The number of hydrogen-bond acceptors (Lipinski definition) is 5. The van der Waals surface area contributed by atoms with Gasteiger partial charge >= 0.3 is 5.97 Å². The van der Waals surface area contributed by atoms with Gasteiger partial charge in [0.15, 0.2) is 5.13 Å². The van der Waals surface area contributed by atoms with Crippen molar-refractivity contribution in [3.63, 3.8) is 0 Å². The van der Waals surface area contributed by atoms with Crippen molar-refractivity contribution in [2.45, 2.75) is 19.4 Å². The third-order valence-corrected chi connectivity index (χ3v) is 3.64. The highest BCUT2D eigenvalue weighted by molar-refractivity contribution is 7.13. The number of carbonyl (C=O) groups excluding carboxylic acids is 1. The summed E-state index contributed by atoms with van der Waals surface area (Å²) in [7, 11) is 1.34. The van der Waals surface area contributed by atoms with E-state index in [0.717, 1.165) is 0 Å². The van der Waals surface area contributed by atoms with Crippen molar-refractivity contribution in [1.29, 1.82) is 0 Å². The number of aromatic nitrogens is 1. The van der Waals surface area contributed by atoms with E-state index in [2.05, 4.69) is 15.0 Å². The van der Waals surface area contributed by atoms with Gasteiger partial charge in [-0.15, -0.1) is 11.3 Å². The molecule has 0 radical (unpaired) electrons. The van der Waals surface area contributed by atoms with Crippen LogP contribution in [0.3, 0.4) is 0 Å². The number of rotatable bonds is 5. The molecule has 0 amide bonds. The lowest BCUT2D eigenvalue weighted by atomic mass is 10.1. The van der Waals surface area contributed by atoms with E-state index in [-0.39, 0.29) is 24.2 Å². The minimum Gasteiger partial charge on any atom is -0.469 e. The predicted molar refractivity (Wildman–Crippen MR) is 76.3 cm³/mol. The molecule has 0 saturated carbocycles. The van der Waals surface area contributed by atoms with Crippen molar-refractivity contribution in [2.24, 2.45) is 0 Å². The Morgan fingerprint density at radius 3 is 2.95 bits per heavy atom. The molecule has 6 heteroatoms. The average Bonchev–Trinajstić information content (AvgIpc) is 2.86. The maximum Gasteiger partial charge on any atom is 0.311 e. The number of nitrogens with zero attached hydrogens (tertiary/aromatic N) is 1. The molecule has 0 saturated heterocycles. The molecule has 0 fully saturated rings. The molecular weight excluding hydrogens is 279 g/mol. The van der Waals surface area contributed by atoms with Crippen LogP contribution in [0.1, 0.15) is 24.2 Å². The molecule has 2 rings (SSSR count). The van der Waals surface area contributed by atoms with E-state index in [1.54, 1.807) is 23.6 Å². The summed E-state index contributed by atoms with van der Waals surface area (Å²) >= 11 is 1.38. The standard InChI is InChI=1S/C14H15FN2O2S/c1-9(11-5-3-4-6-12(11)15)16-14-17-10(8-20-14)7-13(18)19-2/h3-6,8-9H,7H2,1-2H3,(H,16,17). The van der Waals surface area contributed by atoms with E-state index in [0.29, 0.717) is 16.4 Å². The highest BCUT2D eigenvalue weighted by Gasteiger charge is 2.13. The van der Waals surface area contributed by atoms with Crippen molar-refractivity contribution in [2.75, 3.05) is 12.4 Å². The van der Waals surface area contributed by atoms with Gasteiger partial charge in [0.05, 0.1) is 25.3 Å². The molecule has 20 heavy (non-hydrogen) atoms. The van der Waals surface area contributed by atoms with Gasteiger partial charge in [0, 0.05) is 10.9 Å². The van der Waals surface area contributed by atoms with Crippen LogP contribution in [0, 0.1) is 5.82 Å². The van der Waals surface area contributed by atoms with E-state index < -0.39 is 0 Å². The molecule has 0 spiro atoms. The first-order valence-electron chi connectivity index (χ1n) is 6.12. The number of anilines is 1. The average molecular weight is 294 g/mol. The minimum atomic E-state index is -0.330. The van der Waals surface area contributed by atoms with Crippen molar-refractivity contribution in [3.8, 4) is 0 Å². The van der Waals surface area contributed by atoms with Crippen LogP contribution in [-0.4, -0.2) is 18.1 Å². The Balaban J connectivity index is 2.03. The van der Waals surface area contributed by atoms with Gasteiger partial charge in [-0.05, 0) is 13.0 Å². The Hall–Kier alpha value is -1.95. The topological polar surface area (TPSA) is 51.2 Å². The third-order valence-electron chi connectivity index (χ3n) is 2.82. The fraction of sp³-hybridized carbons (Fsp3) is 0.286. The van der Waals surface area contributed by atoms with E-state index in [9.17, 15) is 9.18 Å². The molecule has 0 aliphatic rings. The Labute approximate surface area is 120 Å². The molecule has 1 N–H and O–H groups in total. The first kappa shape index (κ1) is 14.5. The molecule has 106 valence electrons. The zero-order valence-corrected chi connectivity index (χ0v) is 12.0. The number of hydrogen-bond donors (Lipinski definition) is 1. The monoisotopic (exact) mass is 294 g/mol. The van der Waals surface area contributed by atoms with Crippen LogP contribution < -0.4 is 5.32 Å². The van der Waals surface area contributed by atoms with Crippen molar-refractivity contribution in [3.05, 3.63) is 46.7 Å². The lowest BCUT2D eigenvalue weighted by Crippen LogP contribution is -2.09. The van der Waals surface area contributed by atoms with Crippen molar-refractivity contribution >= 4 is 22.4 Å². The van der Waals surface area contributed by atoms with Crippen molar-refractivity contribution in [1.82, 2.24) is 4.98 Å². The third kappa shape index (κ3) is 3.54. The van der Waals surface area contributed by atoms with E-state index in [4.69, 9.17) is 0 Å². The number of nitrogens with one attached hydrogen (secondary N) is 1. The van der Waals surface area contributed by atoms with Gasteiger partial charge in [0.25, 0.3) is 0 Å². The van der Waals surface area contributed by atoms with Gasteiger partial charge in [-0.1, -0.05) is 18.2 Å². The first-order valence-corrected chi connectivity index (χ1v) is 7.00. The second kappa shape index (κ2) is 6.47. The lowest BCUT2D eigenvalue weighted by molar-refractivity contribution is -0.139. The zero-order valence-electron chi connectivity index (χ0n) is 11.2. The molecule has 1 unspecified atom stereocenters. The minimum absolute atomic E-state index is 0.142. The Morgan fingerprint density at radius 1 is 1.50 bits per heavy atom. The second-order valence-corrected chi connectivity index (χ2v) is 5.14. The Morgan fingerprint density at radius 2 is 2.25 bits per heavy atom. The smallest absolute Gasteiger partial charge is 0.311 e. The SMILES string of the molecule is COC(=O)Cc1csc(NC(C)c2ccccc2F)n1. The molecule has 4 nitrogen and oxygen atoms in total. The van der Waals surface area contributed by atoms with Crippen LogP contribution >= 0.6 is 11.3 Å². The number of methoxy groups -OCH3 is 1. The normalized spacial score (nSPS) is 11.9. The fourth-order valence-electron chi connectivity index (χ4n) is 1.76. The maximum absolute atomic E-state index is 13.6. The van der Waals surface area contributed by atoms with Crippen LogP contribution in [0.2, 0.25) is 0 Å². The summed E-state index contributed by atoms with van der Waals surface area (Å²) in [6.07, 6.45) is 0.142. The number of thiazole rings is 1. The molecule has 0 bridgehead atoms. The first-order chi connectivity index (χ1) is 9.60. The van der Waals surface area contributed by atoms with E-state index in [1.165, 1.54) is 24.5 Å². The molecule has 1 atom stereocenters. The second-order valence-electron chi connectivity index (χ2n) is 4.28. The largest absolute Gasteiger partial charge is 0.469 e. The molecule has 0 aliphatic heterocycles. The molecule has 2 aromatic rings. The van der Waals surface area contributed by atoms with Gasteiger partial charge in [0.2, 0.25) is 0 Å². The van der Waals surface area contributed by atoms with Gasteiger partial charge in [0.1, 0.15) is 5.82 Å². The number of halogens is 1. The van der Waals surface area contributed by atoms with Crippen LogP contribution in [0.15, 0.2) is 29.6 Å². The zero-order chi connectivity index (χ0) is 14.5. The molecule has 1 heterocycles. The summed E-state index contributed by atoms with van der Waals surface area (Å²) < 4.78 is 18.2. The van der Waals surface area contributed by atoms with Gasteiger partial charge in [-0.2, -0.15) is 0 Å². The Bertz CT molecular complexity index is 600. The molecule has 0 aliphatic carbocycles. The summed E-state index contributed by atoms with van der Waals surface area (Å²) in [5.41, 5.74) is 1.22. The van der Waals surface area contributed by atoms with Crippen LogP contribution in [-0.2, 0) is 16.0 Å². The van der Waals surface area contributed by atoms with Gasteiger partial charge in [-0.3, -0.25) is 4.79 Å². The Kier molecular flexibility index (Phi) is 4.68. The molecular formula is C14H15FN2O2S. The maximum atomic E-state index is 13.6. The summed E-state index contributed by atoms with van der Waals surface area (Å²) in [4.78, 5) is 15.4. The number of benzene rings is 1. The van der Waals surface area contributed by atoms with Crippen molar-refractivity contribution < 1.29 is 13.9 Å². The number of carbonyl (C=O) groups is 1. The summed E-state index contributed by atoms with van der Waals surface area (Å²) in [5.74, 6) is -0.581. The van der Waals surface area contributed by atoms with Crippen LogP contribution in [0.4, 0.5) is 9.52 Å². The quantitative estimate of drug-likeness (QED) is 0.861. The fourth-order valence-corrected chi connectivity index (χ4v) is 2.56. The lowest BCUT2D eigenvalue weighted by Gasteiger charge is -2.13. The van der Waals surface area contributed by atoms with E-state index >= 15 is 0 Å². The molecule has 1 aromatic carbocycles. The number of esters is 1. The molecule has 1 aromatic heterocycles. The summed E-state index contributed by atoms with van der Waals surface area (Å²) in [5, 5.41) is 5.56. The van der Waals surface area contributed by atoms with Gasteiger partial charge in [-0.25, -0.2) is 9.37 Å².